The molecule has 0 fully saturated rings. The number of hydrogen-bond acceptors (Lipinski definition) is 0. The van der Waals surface area contributed by atoms with Gasteiger partial charge in [-0.3, -0.25) is 0 Å². The van der Waals surface area contributed by atoms with Crippen molar-refractivity contribution in [2.75, 3.05) is 0 Å². The molecule has 0 spiro atoms. The third-order valence-electron chi connectivity index (χ3n) is 14.8. The molecule has 0 amide bonds. The van der Waals surface area contributed by atoms with Gasteiger partial charge in [0.05, 0.1) is 33.1 Å². The Bertz CT molecular complexity index is 4110. The van der Waals surface area contributed by atoms with E-state index in [9.17, 15) is 0 Å². The van der Waals surface area contributed by atoms with E-state index in [0.717, 1.165) is 28.1 Å². The first-order valence-electron chi connectivity index (χ1n) is 24.2. The zero-order valence-electron chi connectivity index (χ0n) is 38.3. The van der Waals surface area contributed by atoms with E-state index in [1.807, 2.05) is 0 Å². The summed E-state index contributed by atoms with van der Waals surface area (Å²) >= 11 is 0. The Morgan fingerprint density at radius 3 is 1.11 bits per heavy atom. The van der Waals surface area contributed by atoms with Gasteiger partial charge >= 0.3 is 0 Å². The van der Waals surface area contributed by atoms with Gasteiger partial charge in [0.2, 0.25) is 0 Å². The summed E-state index contributed by atoms with van der Waals surface area (Å²) < 4.78 is 7.41. The monoisotopic (exact) mass is 907 g/mol. The Morgan fingerprint density at radius 1 is 0.200 bits per heavy atom. The second kappa shape index (κ2) is 16.1. The molecule has 328 valence electrons. The Morgan fingerprint density at radius 2 is 0.557 bits per heavy atom. The van der Waals surface area contributed by atoms with Gasteiger partial charge in [0.15, 0.2) is 8.07 Å². The minimum absolute atomic E-state index is 1.12. The maximum absolute atomic E-state index is 2.82. The van der Waals surface area contributed by atoms with Gasteiger partial charge in [-0.2, -0.15) is 0 Å². The molecule has 14 rings (SSSR count). The predicted molar refractivity (Wildman–Crippen MR) is 299 cm³/mol. The number of hydrogen-bond donors (Lipinski definition) is 0. The summed E-state index contributed by atoms with van der Waals surface area (Å²) in [5.41, 5.74) is 12.9. The summed E-state index contributed by atoms with van der Waals surface area (Å²) in [4.78, 5) is 0. The molecule has 0 aliphatic heterocycles. The average Bonchev–Trinajstić information content (AvgIpc) is 4.07. The Balaban J connectivity index is 1.03. The summed E-state index contributed by atoms with van der Waals surface area (Å²) in [6, 6.07) is 101. The molecule has 0 bridgehead atoms. The van der Waals surface area contributed by atoms with Crippen LogP contribution in [0, 0.1) is 0 Å². The topological polar surface area (TPSA) is 14.8 Å². The Hall–Kier alpha value is -8.96. The third-order valence-corrected chi connectivity index (χ3v) is 19.6. The molecule has 0 radical (unpaired) electrons. The van der Waals surface area contributed by atoms with Crippen molar-refractivity contribution >= 4 is 94.2 Å². The van der Waals surface area contributed by atoms with E-state index < -0.39 is 8.07 Å². The first-order chi connectivity index (χ1) is 34.7. The number of aromatic nitrogens is 3. The van der Waals surface area contributed by atoms with Crippen molar-refractivity contribution in [3.63, 3.8) is 0 Å². The van der Waals surface area contributed by atoms with Crippen molar-refractivity contribution < 1.29 is 0 Å². The molecule has 0 unspecified atom stereocenters. The van der Waals surface area contributed by atoms with Crippen molar-refractivity contribution in [2.24, 2.45) is 0 Å². The van der Waals surface area contributed by atoms with Crippen LogP contribution in [0.3, 0.4) is 0 Å². The van der Waals surface area contributed by atoms with Crippen molar-refractivity contribution in [3.05, 3.63) is 273 Å². The highest BCUT2D eigenvalue weighted by Crippen LogP contribution is 2.40. The van der Waals surface area contributed by atoms with Crippen LogP contribution in [-0.2, 0) is 0 Å². The summed E-state index contributed by atoms with van der Waals surface area (Å²) in [5, 5.41) is 12.8. The second-order valence-corrected chi connectivity index (χ2v) is 22.3. The fourth-order valence-electron chi connectivity index (χ4n) is 11.7. The average molecular weight is 908 g/mol. The van der Waals surface area contributed by atoms with Crippen LogP contribution in [0.15, 0.2) is 273 Å². The number of rotatable bonds is 8. The minimum atomic E-state index is -2.82. The van der Waals surface area contributed by atoms with Crippen LogP contribution in [-0.4, -0.2) is 21.8 Å². The summed E-state index contributed by atoms with van der Waals surface area (Å²) in [6.07, 6.45) is 0. The molecular formula is C66H45N3Si. The smallest absolute Gasteiger partial charge is 0.179 e. The van der Waals surface area contributed by atoms with Crippen molar-refractivity contribution in [2.45, 2.75) is 0 Å². The molecule has 3 nitrogen and oxygen atoms in total. The van der Waals surface area contributed by atoms with E-state index in [2.05, 4.69) is 287 Å². The van der Waals surface area contributed by atoms with E-state index in [4.69, 9.17) is 0 Å². The van der Waals surface area contributed by atoms with Gasteiger partial charge in [-0.15, -0.1) is 0 Å². The van der Waals surface area contributed by atoms with Gasteiger partial charge in [-0.05, 0) is 98.6 Å². The highest BCUT2D eigenvalue weighted by molar-refractivity contribution is 7.20. The van der Waals surface area contributed by atoms with Gasteiger partial charge < -0.3 is 13.7 Å². The van der Waals surface area contributed by atoms with Crippen LogP contribution >= 0.6 is 0 Å². The lowest BCUT2D eigenvalue weighted by molar-refractivity contribution is 1.15. The molecule has 14 aromatic rings. The first kappa shape index (κ1) is 40.1. The van der Waals surface area contributed by atoms with Gasteiger partial charge in [0, 0.05) is 49.4 Å². The normalized spacial score (nSPS) is 12.0. The van der Waals surface area contributed by atoms with Gasteiger partial charge in [-0.25, -0.2) is 0 Å². The van der Waals surface area contributed by atoms with Gasteiger partial charge in [0.1, 0.15) is 0 Å². The quantitative estimate of drug-likeness (QED) is 0.107. The molecule has 0 N–H and O–H groups in total. The van der Waals surface area contributed by atoms with Crippen LogP contribution < -0.4 is 20.7 Å². The van der Waals surface area contributed by atoms with E-state index >= 15 is 0 Å². The summed E-state index contributed by atoms with van der Waals surface area (Å²) in [5.74, 6) is 0. The molecule has 0 saturated carbocycles. The molecule has 0 aliphatic carbocycles. The molecular weight excluding hydrogens is 863 g/mol. The van der Waals surface area contributed by atoms with Crippen LogP contribution in [0.1, 0.15) is 0 Å². The Kier molecular flexibility index (Phi) is 9.23. The molecule has 11 aromatic carbocycles. The predicted octanol–water partition coefficient (Wildman–Crippen LogP) is 14.0. The lowest BCUT2D eigenvalue weighted by Gasteiger charge is -2.34. The van der Waals surface area contributed by atoms with E-state index in [0.29, 0.717) is 0 Å². The van der Waals surface area contributed by atoms with Crippen LogP contribution in [0.2, 0.25) is 0 Å². The highest BCUT2D eigenvalue weighted by Gasteiger charge is 2.41. The second-order valence-electron chi connectivity index (χ2n) is 18.5. The van der Waals surface area contributed by atoms with E-state index in [1.165, 1.54) is 86.3 Å². The fraction of sp³-hybridized carbons (Fsp3) is 0. The summed E-state index contributed by atoms with van der Waals surface area (Å²) in [7, 11) is -2.82. The zero-order chi connectivity index (χ0) is 46.2. The van der Waals surface area contributed by atoms with Crippen molar-refractivity contribution in [1.82, 2.24) is 13.7 Å². The molecule has 0 aliphatic rings. The number of para-hydroxylation sites is 3. The SMILES string of the molecule is c1ccc(-c2ccc(-n3c4ccc(-n5c6ccccc6c6ccccc65)cc4c4ccc(-n5c6ccccc6c6ccc([Si](c7ccccc7)(c7ccccc7)c7ccccc7)cc65)cc43)cc2)cc1. The maximum Gasteiger partial charge on any atom is 0.179 e. The first-order valence-corrected chi connectivity index (χ1v) is 26.2. The molecule has 4 heteroatoms. The number of nitrogens with zero attached hydrogens (tertiary/aromatic N) is 3. The van der Waals surface area contributed by atoms with Gasteiger partial charge in [-0.1, -0.05) is 206 Å². The van der Waals surface area contributed by atoms with Crippen LogP contribution in [0.5, 0.6) is 0 Å². The van der Waals surface area contributed by atoms with E-state index in [-0.39, 0.29) is 0 Å². The van der Waals surface area contributed by atoms with E-state index in [1.54, 1.807) is 0 Å². The molecule has 0 saturated heterocycles. The highest BCUT2D eigenvalue weighted by atomic mass is 28.3. The van der Waals surface area contributed by atoms with Gasteiger partial charge in [0.25, 0.3) is 0 Å². The number of fused-ring (bicyclic) bond motifs is 9. The standard InChI is InChI=1S/C66H45N3Si/c1-5-19-46(20-6-1)47-33-35-48(36-34-47)67-64-42-38-49(68-61-30-16-13-27-55(61)56-28-14-17-31-62(56)68)43-60(64)59-40-37-50(44-65(59)67)69-63-32-18-15-29-57(63)58-41-39-54(45-66(58)69)70(51-21-7-2-8-22-51,52-23-9-3-10-24-52)53-25-11-4-12-26-53/h1-45H. The zero-order valence-corrected chi connectivity index (χ0v) is 39.3. The summed E-state index contributed by atoms with van der Waals surface area (Å²) in [6.45, 7) is 0. The fourth-order valence-corrected chi connectivity index (χ4v) is 16.5. The molecule has 0 atom stereocenters. The van der Waals surface area contributed by atoms with Crippen LogP contribution in [0.4, 0.5) is 0 Å². The molecule has 3 heterocycles. The third kappa shape index (κ3) is 6.07. The molecule has 70 heavy (non-hydrogen) atoms. The van der Waals surface area contributed by atoms with Crippen LogP contribution in [0.25, 0.3) is 93.6 Å². The van der Waals surface area contributed by atoms with Crippen molar-refractivity contribution in [1.29, 1.82) is 0 Å². The minimum Gasteiger partial charge on any atom is -0.309 e. The lowest BCUT2D eigenvalue weighted by Crippen LogP contribution is -2.74. The Labute approximate surface area is 407 Å². The molecule has 3 aromatic heterocycles. The maximum atomic E-state index is 2.52. The number of benzene rings is 11. The largest absolute Gasteiger partial charge is 0.309 e. The lowest BCUT2D eigenvalue weighted by atomic mass is 10.1. The van der Waals surface area contributed by atoms with Crippen molar-refractivity contribution in [3.8, 4) is 28.2 Å².